The zero-order chi connectivity index (χ0) is 65.4. The summed E-state index contributed by atoms with van der Waals surface area (Å²) in [5.74, 6) is -2.70. The van der Waals surface area contributed by atoms with Gasteiger partial charge in [-0.2, -0.15) is 0 Å². The lowest BCUT2D eigenvalue weighted by Gasteiger charge is -2.44. The lowest BCUT2D eigenvalue weighted by atomic mass is 10.1. The van der Waals surface area contributed by atoms with Gasteiger partial charge in [-0.15, -0.1) is 0 Å². The van der Waals surface area contributed by atoms with Crippen molar-refractivity contribution in [2.45, 2.75) is 167 Å². The summed E-state index contributed by atoms with van der Waals surface area (Å²) in [5.41, 5.74) is -1.27. The van der Waals surface area contributed by atoms with Crippen LogP contribution in [0.5, 0.6) is 0 Å². The Morgan fingerprint density at radius 3 is 0.942 bits per heavy atom. The molecule has 0 bridgehead atoms. The van der Waals surface area contributed by atoms with E-state index in [0.717, 1.165) is 20.7 Å². The third-order valence-corrected chi connectivity index (χ3v) is 22.6. The smallest absolute Gasteiger partial charge is 0.313 e. The van der Waals surface area contributed by atoms with Gasteiger partial charge in [0, 0.05) is 12.8 Å². The molecular formula is C66H88N4O14Si2. The number of esters is 4. The minimum atomic E-state index is -2.91. The first-order chi connectivity index (χ1) is 40.2. The molecule has 0 aliphatic heterocycles. The number of hydrogen-bond acceptors (Lipinski definition) is 14. The Hall–Kier alpha value is -7.67. The minimum Gasteiger partial charge on any atom is -0.469 e. The summed E-state index contributed by atoms with van der Waals surface area (Å²) in [7, 11) is -3.08. The molecule has 4 aromatic rings. The van der Waals surface area contributed by atoms with Crippen LogP contribution in [0.2, 0.25) is 10.1 Å². The van der Waals surface area contributed by atoms with Crippen LogP contribution in [0.15, 0.2) is 121 Å². The van der Waals surface area contributed by atoms with E-state index in [4.69, 9.17) is 54.5 Å². The van der Waals surface area contributed by atoms with Crippen LogP contribution in [-0.4, -0.2) is 138 Å². The Labute approximate surface area is 512 Å². The van der Waals surface area contributed by atoms with Crippen LogP contribution >= 0.6 is 0 Å². The maximum Gasteiger partial charge on any atom is 0.313 e. The quantitative estimate of drug-likeness (QED) is 0.0221. The molecule has 0 heterocycles. The first kappa shape index (κ1) is 76.3. The number of hydrogen-bond donors (Lipinski definition) is 2. The van der Waals surface area contributed by atoms with Gasteiger partial charge in [-0.3, -0.25) is 28.8 Å². The van der Waals surface area contributed by atoms with Crippen molar-refractivity contribution in [2.24, 2.45) is 0 Å². The van der Waals surface area contributed by atoms with Crippen molar-refractivity contribution >= 4 is 72.8 Å². The number of benzene rings is 4. The molecule has 0 saturated heterocycles. The fourth-order valence-corrected chi connectivity index (χ4v) is 18.3. The number of carbonyl (C=O) groups is 6. The molecule has 20 heteroatoms. The number of ether oxygens (including phenoxy) is 4. The fraction of sp³-hybridized carbons (Fsp3) is 0.485. The molecule has 86 heavy (non-hydrogen) atoms. The van der Waals surface area contributed by atoms with Gasteiger partial charge in [-0.25, -0.2) is 26.3 Å². The van der Waals surface area contributed by atoms with Gasteiger partial charge in [0.2, 0.25) is 26.2 Å². The SMILES string of the molecule is [C-]#[N+]CC(CC(=O)CC(=O)OC(C)(C)C)O[Si](c1ccccc1)(c1ccccc1)C(C)(C)C.[C-]#[N+]CC(CC(=O)OC)O[Si](c1ccccc1)(c1ccccc1)C(C)(C)C.[C-]#[N+]CC(O)CC(=O)CC(=O)OC(C)(C)C.[C-]#[N+]CC(O)CC(=O)OC. The van der Waals surface area contributed by atoms with Gasteiger partial charge >= 0.3 is 23.9 Å². The summed E-state index contributed by atoms with van der Waals surface area (Å²) < 4.78 is 33.1. The Kier molecular flexibility index (Phi) is 32.9. The van der Waals surface area contributed by atoms with E-state index in [-0.39, 0.29) is 86.5 Å². The summed E-state index contributed by atoms with van der Waals surface area (Å²) in [4.78, 5) is 82.7. The van der Waals surface area contributed by atoms with Crippen LogP contribution in [-0.2, 0) is 56.6 Å². The molecule has 4 rings (SSSR count). The van der Waals surface area contributed by atoms with Crippen LogP contribution in [0.1, 0.15) is 122 Å². The first-order valence-corrected chi connectivity index (χ1v) is 31.9. The van der Waals surface area contributed by atoms with Crippen LogP contribution in [0.4, 0.5) is 0 Å². The highest BCUT2D eigenvalue weighted by Crippen LogP contribution is 2.39. The molecule has 2 N–H and O–H groups in total. The van der Waals surface area contributed by atoms with Gasteiger partial charge in [0.05, 0.1) is 27.1 Å². The average molecular weight is 1220 g/mol. The van der Waals surface area contributed by atoms with Gasteiger partial charge in [0.25, 0.3) is 16.6 Å². The maximum atomic E-state index is 12.8. The largest absolute Gasteiger partial charge is 0.469 e. The Morgan fingerprint density at radius 2 is 0.674 bits per heavy atom. The van der Waals surface area contributed by atoms with E-state index in [1.165, 1.54) is 14.2 Å². The number of nitrogens with zero attached hydrogens (tertiary/aromatic N) is 4. The zero-order valence-electron chi connectivity index (χ0n) is 52.5. The molecule has 0 saturated carbocycles. The summed E-state index contributed by atoms with van der Waals surface area (Å²) in [6, 6.07) is 40.6. The molecule has 0 radical (unpaired) electrons. The van der Waals surface area contributed by atoms with E-state index in [1.807, 2.05) is 72.8 Å². The first-order valence-electron chi connectivity index (χ1n) is 28.1. The summed E-state index contributed by atoms with van der Waals surface area (Å²) in [5, 5.41) is 22.0. The van der Waals surface area contributed by atoms with Crippen molar-refractivity contribution in [1.29, 1.82) is 0 Å². The van der Waals surface area contributed by atoms with E-state index < -0.39 is 75.9 Å². The van der Waals surface area contributed by atoms with Gasteiger partial charge < -0.3 is 57.4 Å². The van der Waals surface area contributed by atoms with Crippen LogP contribution in [0.3, 0.4) is 0 Å². The highest BCUT2D eigenvalue weighted by molar-refractivity contribution is 7.00. The van der Waals surface area contributed by atoms with Crippen molar-refractivity contribution in [3.63, 3.8) is 0 Å². The van der Waals surface area contributed by atoms with E-state index >= 15 is 0 Å². The van der Waals surface area contributed by atoms with E-state index in [2.05, 4.69) is 114 Å². The molecule has 0 aliphatic rings. The van der Waals surface area contributed by atoms with Gasteiger partial charge in [0.1, 0.15) is 60.0 Å². The maximum absolute atomic E-state index is 12.8. The van der Waals surface area contributed by atoms with Gasteiger partial charge in [-0.05, 0) is 72.4 Å². The molecule has 18 nitrogen and oxygen atoms in total. The number of Topliss-reactive ketones (excluding diaryl/α,β-unsaturated/α-hetero) is 2. The normalized spacial score (nSPS) is 12.8. The number of carbonyl (C=O) groups excluding carboxylic acids is 6. The number of aliphatic hydroxyl groups is 2. The molecule has 0 fully saturated rings. The number of rotatable bonds is 24. The summed E-state index contributed by atoms with van der Waals surface area (Å²) >= 11 is 0. The van der Waals surface area contributed by atoms with E-state index in [1.54, 1.807) is 41.5 Å². The Balaban J connectivity index is 0.000000623. The predicted molar refractivity (Wildman–Crippen MR) is 336 cm³/mol. The van der Waals surface area contributed by atoms with Crippen molar-refractivity contribution in [3.8, 4) is 0 Å². The second-order valence-electron chi connectivity index (χ2n) is 24.0. The van der Waals surface area contributed by atoms with Gasteiger partial charge in [0.15, 0.2) is 0 Å². The number of methoxy groups -OCH3 is 2. The van der Waals surface area contributed by atoms with Crippen LogP contribution in [0, 0.1) is 26.3 Å². The van der Waals surface area contributed by atoms with Crippen molar-refractivity contribution in [3.05, 3.63) is 167 Å². The zero-order valence-corrected chi connectivity index (χ0v) is 54.5. The standard InChI is InChI=1S/C27H35NO4Si.C22H27NO3Si.C11H17NO4.C6H9NO3/c1-26(2,3)31-25(30)19-21(29)18-22(20-28-7)32-33(27(4,5)6,23-14-10-8-11-15-23)24-16-12-9-13-17-24;1-22(2,3)27(19-12-8-6-9-13-19,20-14-10-7-11-15-20)26-18(17-23-4)16-21(24)25-5;1-11(2,3)16-10(15)6-8(13)5-9(14)7-12-4;1-7-4-5(8)3-6(9)10-2/h8-17,22H,18-20H2,1-6H3;6-15,18H,16-17H2,1-3,5H3;9,14H,5-7H2,1-3H3;5,8H,3-4H2,2H3. The number of aliphatic hydroxyl groups excluding tert-OH is 2. The van der Waals surface area contributed by atoms with E-state index in [9.17, 15) is 33.9 Å². The molecule has 0 spiro atoms. The molecule has 4 atom stereocenters. The Morgan fingerprint density at radius 1 is 0.407 bits per heavy atom. The second-order valence-corrected chi connectivity index (χ2v) is 32.6. The molecule has 0 aliphatic carbocycles. The molecule has 464 valence electrons. The monoisotopic (exact) mass is 1220 g/mol. The summed E-state index contributed by atoms with van der Waals surface area (Å²) in [6.45, 7) is 51.0. The van der Waals surface area contributed by atoms with Crippen molar-refractivity contribution in [1.82, 2.24) is 0 Å². The topological polar surface area (TPSA) is 216 Å². The minimum absolute atomic E-state index is 0.00782. The average Bonchev–Trinajstić information content (AvgIpc) is 0.807. The highest BCUT2D eigenvalue weighted by Gasteiger charge is 2.53. The van der Waals surface area contributed by atoms with E-state index in [0.29, 0.717) is 0 Å². The molecule has 0 aromatic heterocycles. The third kappa shape index (κ3) is 27.1. The van der Waals surface area contributed by atoms with Crippen molar-refractivity contribution < 1.29 is 66.8 Å². The number of ketones is 2. The Bertz CT molecular complexity index is 2830. The molecular weight excluding hydrogens is 1130 g/mol. The highest BCUT2D eigenvalue weighted by atomic mass is 28.4. The van der Waals surface area contributed by atoms with Crippen molar-refractivity contribution in [2.75, 3.05) is 40.4 Å². The molecule has 0 amide bonds. The fourth-order valence-electron chi connectivity index (χ4n) is 9.00. The lowest BCUT2D eigenvalue weighted by Crippen LogP contribution is -2.68. The van der Waals surface area contributed by atoms with Gasteiger partial charge in [-0.1, -0.05) is 163 Å². The predicted octanol–water partition coefficient (Wildman–Crippen LogP) is 8.74. The summed E-state index contributed by atoms with van der Waals surface area (Å²) in [6.07, 6.45) is -3.90. The molecule has 4 aromatic carbocycles. The molecule has 4 unspecified atom stereocenters. The third-order valence-electron chi connectivity index (χ3n) is 12.4. The lowest BCUT2D eigenvalue weighted by molar-refractivity contribution is -0.158. The van der Waals surface area contributed by atoms with Crippen LogP contribution < -0.4 is 20.7 Å². The second kappa shape index (κ2) is 37.0. The van der Waals surface area contributed by atoms with Crippen LogP contribution in [0.25, 0.3) is 19.4 Å².